The fourth-order valence-corrected chi connectivity index (χ4v) is 1.32. The molecule has 0 atom stereocenters. The number of aromatic nitrogens is 2. The van der Waals surface area contributed by atoms with E-state index in [1.54, 1.807) is 13.4 Å². The first-order valence-electron chi connectivity index (χ1n) is 5.04. The number of methoxy groups -OCH3 is 1. The molecule has 0 unspecified atom stereocenters. The smallest absolute Gasteiger partial charge is 0.237 e. The molecule has 0 aliphatic carbocycles. The van der Waals surface area contributed by atoms with Crippen molar-refractivity contribution >= 4 is 11.6 Å². The summed E-state index contributed by atoms with van der Waals surface area (Å²) in [6, 6.07) is 0. The maximum absolute atomic E-state index is 5.25. The molecule has 0 saturated heterocycles. The second-order valence-corrected chi connectivity index (χ2v) is 3.45. The predicted molar refractivity (Wildman–Crippen MR) is 66.2 cm³/mol. The lowest BCUT2D eigenvalue weighted by atomic mass is 10.4. The highest BCUT2D eigenvalue weighted by molar-refractivity contribution is 6.13. The lowest BCUT2D eigenvalue weighted by Crippen LogP contribution is -2.10. The maximum Gasteiger partial charge on any atom is 0.237 e. The van der Waals surface area contributed by atoms with Gasteiger partial charge < -0.3 is 9.30 Å². The van der Waals surface area contributed by atoms with Crippen molar-refractivity contribution in [1.29, 1.82) is 0 Å². The largest absolute Gasteiger partial charge is 0.480 e. The fourth-order valence-electron chi connectivity index (χ4n) is 1.32. The monoisotopic (exact) mass is 219 g/mol. The average Bonchev–Trinajstić information content (AvgIpc) is 2.64. The Labute approximate surface area is 96.0 Å². The number of rotatable bonds is 3. The van der Waals surface area contributed by atoms with Crippen LogP contribution in [0.2, 0.25) is 0 Å². The van der Waals surface area contributed by atoms with Gasteiger partial charge in [0.2, 0.25) is 5.90 Å². The van der Waals surface area contributed by atoms with E-state index in [-0.39, 0.29) is 0 Å². The Kier molecular flexibility index (Phi) is 4.05. The van der Waals surface area contributed by atoms with Crippen LogP contribution in [0.3, 0.4) is 0 Å². The van der Waals surface area contributed by atoms with Crippen molar-refractivity contribution in [2.45, 2.75) is 20.8 Å². The molecule has 16 heavy (non-hydrogen) atoms. The standard InChI is InChI=1S/C12H17N3O/c1-6-11(12(16-5)14-9(2)3)15-7-10(4)13-8-15/h6-8H,2H2,1,3-5H3/b11-6+,14-12?. The van der Waals surface area contributed by atoms with Gasteiger partial charge in [-0.1, -0.05) is 12.7 Å². The predicted octanol–water partition coefficient (Wildman–Crippen LogP) is 2.63. The minimum atomic E-state index is 0.535. The normalized spacial score (nSPS) is 12.8. The van der Waals surface area contributed by atoms with Crippen LogP contribution in [0.25, 0.3) is 5.70 Å². The van der Waals surface area contributed by atoms with Gasteiger partial charge >= 0.3 is 0 Å². The highest BCUT2D eigenvalue weighted by Gasteiger charge is 2.09. The number of aryl methyl sites for hydroxylation is 1. The molecule has 0 saturated carbocycles. The van der Waals surface area contributed by atoms with E-state index in [2.05, 4.69) is 16.6 Å². The first-order chi connectivity index (χ1) is 7.58. The summed E-state index contributed by atoms with van der Waals surface area (Å²) >= 11 is 0. The Morgan fingerprint density at radius 2 is 2.31 bits per heavy atom. The minimum Gasteiger partial charge on any atom is -0.480 e. The maximum atomic E-state index is 5.25. The SMILES string of the molecule is C=C(C)N=C(OC)/C(=C\C)n1cnc(C)c1. The summed E-state index contributed by atoms with van der Waals surface area (Å²) in [5.74, 6) is 0.535. The molecule has 1 aromatic heterocycles. The Morgan fingerprint density at radius 3 is 2.69 bits per heavy atom. The van der Waals surface area contributed by atoms with Crippen molar-refractivity contribution in [2.24, 2.45) is 4.99 Å². The van der Waals surface area contributed by atoms with Crippen LogP contribution in [0.5, 0.6) is 0 Å². The van der Waals surface area contributed by atoms with E-state index in [4.69, 9.17) is 4.74 Å². The molecule has 1 heterocycles. The molecule has 0 radical (unpaired) electrons. The zero-order valence-electron chi connectivity index (χ0n) is 10.2. The number of ether oxygens (including phenoxy) is 1. The molecule has 4 heteroatoms. The van der Waals surface area contributed by atoms with Crippen LogP contribution in [-0.4, -0.2) is 22.6 Å². The number of hydrogen-bond donors (Lipinski definition) is 0. The van der Waals surface area contributed by atoms with E-state index in [0.29, 0.717) is 11.6 Å². The van der Waals surface area contributed by atoms with E-state index in [0.717, 1.165) is 11.4 Å². The zero-order valence-corrected chi connectivity index (χ0v) is 10.2. The molecule has 0 aromatic carbocycles. The Morgan fingerprint density at radius 1 is 1.62 bits per heavy atom. The number of allylic oxidation sites excluding steroid dienone is 2. The number of imidazole rings is 1. The number of hydrogen-bond acceptors (Lipinski definition) is 3. The lowest BCUT2D eigenvalue weighted by Gasteiger charge is -2.09. The van der Waals surface area contributed by atoms with Crippen LogP contribution < -0.4 is 0 Å². The van der Waals surface area contributed by atoms with Gasteiger partial charge in [-0.05, 0) is 20.8 Å². The summed E-state index contributed by atoms with van der Waals surface area (Å²) in [4.78, 5) is 8.41. The van der Waals surface area contributed by atoms with Gasteiger partial charge in [-0.2, -0.15) is 0 Å². The topological polar surface area (TPSA) is 39.4 Å². The third-order valence-electron chi connectivity index (χ3n) is 1.97. The van der Waals surface area contributed by atoms with Gasteiger partial charge in [0.15, 0.2) is 0 Å². The quantitative estimate of drug-likeness (QED) is 0.579. The molecule has 1 aromatic rings. The summed E-state index contributed by atoms with van der Waals surface area (Å²) in [5, 5.41) is 0. The molecule has 0 bridgehead atoms. The van der Waals surface area contributed by atoms with Gasteiger partial charge in [-0.25, -0.2) is 9.98 Å². The second kappa shape index (κ2) is 5.30. The molecular weight excluding hydrogens is 202 g/mol. The van der Waals surface area contributed by atoms with Crippen LogP contribution in [0, 0.1) is 6.92 Å². The van der Waals surface area contributed by atoms with Crippen molar-refractivity contribution in [2.75, 3.05) is 7.11 Å². The lowest BCUT2D eigenvalue weighted by molar-refractivity contribution is 0.406. The van der Waals surface area contributed by atoms with E-state index >= 15 is 0 Å². The molecular formula is C12H17N3O. The van der Waals surface area contributed by atoms with Gasteiger partial charge in [-0.15, -0.1) is 0 Å². The molecule has 0 N–H and O–H groups in total. The van der Waals surface area contributed by atoms with Gasteiger partial charge in [0.1, 0.15) is 5.70 Å². The minimum absolute atomic E-state index is 0.535. The van der Waals surface area contributed by atoms with E-state index in [1.165, 1.54) is 0 Å². The summed E-state index contributed by atoms with van der Waals surface area (Å²) < 4.78 is 7.13. The van der Waals surface area contributed by atoms with Gasteiger partial charge in [-0.3, -0.25) is 0 Å². The highest BCUT2D eigenvalue weighted by atomic mass is 16.5. The van der Waals surface area contributed by atoms with Crippen molar-refractivity contribution in [1.82, 2.24) is 9.55 Å². The van der Waals surface area contributed by atoms with Gasteiger partial charge in [0.05, 0.1) is 19.1 Å². The van der Waals surface area contributed by atoms with Crippen molar-refractivity contribution in [3.05, 3.63) is 36.6 Å². The van der Waals surface area contributed by atoms with E-state index in [1.807, 2.05) is 37.6 Å². The molecule has 4 nitrogen and oxygen atoms in total. The van der Waals surface area contributed by atoms with Crippen LogP contribution in [-0.2, 0) is 4.74 Å². The molecule has 0 amide bonds. The summed E-state index contributed by atoms with van der Waals surface area (Å²) in [7, 11) is 1.59. The summed E-state index contributed by atoms with van der Waals surface area (Å²) in [6.07, 6.45) is 5.58. The van der Waals surface area contributed by atoms with E-state index < -0.39 is 0 Å². The molecule has 86 valence electrons. The van der Waals surface area contributed by atoms with E-state index in [9.17, 15) is 0 Å². The van der Waals surface area contributed by atoms with Gasteiger partial charge in [0.25, 0.3) is 0 Å². The van der Waals surface area contributed by atoms with Crippen molar-refractivity contribution < 1.29 is 4.74 Å². The Bertz CT molecular complexity index is 441. The molecule has 1 rings (SSSR count). The van der Waals surface area contributed by atoms with Crippen LogP contribution in [0.1, 0.15) is 19.5 Å². The van der Waals surface area contributed by atoms with Crippen molar-refractivity contribution in [3.63, 3.8) is 0 Å². The molecule has 0 aliphatic rings. The fraction of sp³-hybridized carbons (Fsp3) is 0.333. The van der Waals surface area contributed by atoms with Crippen molar-refractivity contribution in [3.8, 4) is 0 Å². The summed E-state index contributed by atoms with van der Waals surface area (Å²) in [5.41, 5.74) is 2.50. The van der Waals surface area contributed by atoms with Crippen LogP contribution in [0.4, 0.5) is 0 Å². The number of nitrogens with zero attached hydrogens (tertiary/aromatic N) is 3. The summed E-state index contributed by atoms with van der Waals surface area (Å²) in [6.45, 7) is 9.43. The Balaban J connectivity index is 3.12. The molecule has 0 spiro atoms. The van der Waals surface area contributed by atoms with Gasteiger partial charge in [0, 0.05) is 11.9 Å². The highest BCUT2D eigenvalue weighted by Crippen LogP contribution is 2.10. The zero-order chi connectivity index (χ0) is 12.1. The number of aliphatic imine (C=N–C) groups is 1. The molecule has 0 aliphatic heterocycles. The second-order valence-electron chi connectivity index (χ2n) is 3.45. The van der Waals surface area contributed by atoms with Crippen LogP contribution in [0.15, 0.2) is 35.9 Å². The average molecular weight is 219 g/mol. The molecule has 0 fully saturated rings. The third-order valence-corrected chi connectivity index (χ3v) is 1.97. The third kappa shape index (κ3) is 2.82. The first kappa shape index (κ1) is 12.2. The first-order valence-corrected chi connectivity index (χ1v) is 5.04. The Hall–Kier alpha value is -1.84. The van der Waals surface area contributed by atoms with Crippen LogP contribution >= 0.6 is 0 Å².